The molecule has 160 valence electrons. The fourth-order valence-electron chi connectivity index (χ4n) is 4.14. The Morgan fingerprint density at radius 3 is 2.26 bits per heavy atom. The summed E-state index contributed by atoms with van der Waals surface area (Å²) in [5, 5.41) is 11.7. The van der Waals surface area contributed by atoms with Crippen molar-refractivity contribution < 1.29 is 24.2 Å². The summed E-state index contributed by atoms with van der Waals surface area (Å²) in [6.45, 7) is 2.38. The standard InChI is InChI=1S/C24H24N2O5/c1-15(22(27)26-13-11-21(26)23(28)29)10-12-25-24(30)31-14-20-18-8-4-2-6-16(18)17-7-3-5-9-19(17)20/h2-10,20-21H,11-14H2,1H3,(H,25,30)(H,28,29)/b15-10+. The predicted molar refractivity (Wildman–Crippen MR) is 115 cm³/mol. The Morgan fingerprint density at radius 1 is 1.10 bits per heavy atom. The number of alkyl carbamates (subject to hydrolysis) is 1. The first-order valence-corrected chi connectivity index (χ1v) is 10.3. The predicted octanol–water partition coefficient (Wildman–Crippen LogP) is 3.16. The van der Waals surface area contributed by atoms with E-state index in [0.29, 0.717) is 18.5 Å². The van der Waals surface area contributed by atoms with E-state index in [2.05, 4.69) is 29.6 Å². The maximum atomic E-state index is 12.3. The number of carboxylic acids is 1. The molecule has 0 bridgehead atoms. The Labute approximate surface area is 180 Å². The summed E-state index contributed by atoms with van der Waals surface area (Å²) in [6.07, 6.45) is 1.47. The zero-order valence-electron chi connectivity index (χ0n) is 17.2. The van der Waals surface area contributed by atoms with Crippen LogP contribution in [-0.2, 0) is 14.3 Å². The SMILES string of the molecule is C/C(=C\CNC(=O)OCC1c2ccccc2-c2ccccc21)C(=O)N1CCC1C(=O)O. The second kappa shape index (κ2) is 8.63. The van der Waals surface area contributed by atoms with Crippen molar-refractivity contribution >= 4 is 18.0 Å². The van der Waals surface area contributed by atoms with Crippen LogP contribution in [0.5, 0.6) is 0 Å². The Bertz CT molecular complexity index is 1020. The van der Waals surface area contributed by atoms with E-state index in [0.717, 1.165) is 22.3 Å². The summed E-state index contributed by atoms with van der Waals surface area (Å²) in [5.41, 5.74) is 5.00. The number of hydrogen-bond acceptors (Lipinski definition) is 4. The van der Waals surface area contributed by atoms with Crippen LogP contribution >= 0.6 is 0 Å². The molecule has 1 aliphatic heterocycles. The first-order chi connectivity index (χ1) is 15.0. The maximum absolute atomic E-state index is 12.3. The third-order valence-electron chi connectivity index (χ3n) is 5.90. The molecule has 31 heavy (non-hydrogen) atoms. The van der Waals surface area contributed by atoms with Crippen LogP contribution in [0.1, 0.15) is 30.4 Å². The van der Waals surface area contributed by atoms with E-state index in [-0.39, 0.29) is 25.0 Å². The van der Waals surface area contributed by atoms with Crippen molar-refractivity contribution in [1.29, 1.82) is 0 Å². The molecule has 0 aromatic heterocycles. The van der Waals surface area contributed by atoms with Crippen LogP contribution in [-0.4, -0.2) is 53.7 Å². The number of rotatable bonds is 6. The third kappa shape index (κ3) is 4.03. The lowest BCUT2D eigenvalue weighted by Gasteiger charge is -2.38. The van der Waals surface area contributed by atoms with Gasteiger partial charge in [0.1, 0.15) is 12.6 Å². The highest BCUT2D eigenvalue weighted by atomic mass is 16.5. The number of carboxylic acid groups (broad SMARTS) is 1. The average molecular weight is 420 g/mol. The molecule has 4 rings (SSSR count). The van der Waals surface area contributed by atoms with E-state index in [9.17, 15) is 14.4 Å². The molecule has 1 fully saturated rings. The molecule has 1 aliphatic carbocycles. The summed E-state index contributed by atoms with van der Waals surface area (Å²) >= 11 is 0. The number of likely N-dealkylation sites (tertiary alicyclic amines) is 1. The molecule has 7 nitrogen and oxygen atoms in total. The lowest BCUT2D eigenvalue weighted by molar-refractivity contribution is -0.155. The van der Waals surface area contributed by atoms with Gasteiger partial charge in [-0.3, -0.25) is 4.79 Å². The number of fused-ring (bicyclic) bond motifs is 3. The van der Waals surface area contributed by atoms with Crippen molar-refractivity contribution in [3.05, 3.63) is 71.3 Å². The number of benzene rings is 2. The molecule has 2 aromatic rings. The minimum atomic E-state index is -0.996. The van der Waals surface area contributed by atoms with E-state index in [1.807, 2.05) is 24.3 Å². The van der Waals surface area contributed by atoms with Crippen LogP contribution in [0.15, 0.2) is 60.2 Å². The van der Waals surface area contributed by atoms with Gasteiger partial charge in [0.15, 0.2) is 0 Å². The maximum Gasteiger partial charge on any atom is 0.407 e. The number of carbonyl (C=O) groups excluding carboxylic acids is 2. The number of nitrogens with one attached hydrogen (secondary N) is 1. The third-order valence-corrected chi connectivity index (χ3v) is 5.90. The minimum Gasteiger partial charge on any atom is -0.480 e. The molecule has 1 unspecified atom stereocenters. The van der Waals surface area contributed by atoms with Gasteiger partial charge < -0.3 is 20.1 Å². The number of aliphatic carboxylic acids is 1. The lowest BCUT2D eigenvalue weighted by Crippen LogP contribution is -2.55. The van der Waals surface area contributed by atoms with E-state index in [4.69, 9.17) is 9.84 Å². The van der Waals surface area contributed by atoms with Gasteiger partial charge >= 0.3 is 12.1 Å². The zero-order valence-corrected chi connectivity index (χ0v) is 17.2. The number of ether oxygens (including phenoxy) is 1. The van der Waals surface area contributed by atoms with Gasteiger partial charge in [-0.2, -0.15) is 0 Å². The van der Waals surface area contributed by atoms with Crippen molar-refractivity contribution in [3.63, 3.8) is 0 Å². The molecule has 7 heteroatoms. The molecule has 0 saturated carbocycles. The van der Waals surface area contributed by atoms with Crippen LogP contribution in [0.2, 0.25) is 0 Å². The number of carbonyl (C=O) groups is 3. The van der Waals surface area contributed by atoms with E-state index < -0.39 is 18.1 Å². The Kier molecular flexibility index (Phi) is 5.75. The Hall–Kier alpha value is -3.61. The summed E-state index contributed by atoms with van der Waals surface area (Å²) in [7, 11) is 0. The minimum absolute atomic E-state index is 0.0172. The molecule has 2 N–H and O–H groups in total. The monoisotopic (exact) mass is 420 g/mol. The Balaban J connectivity index is 1.31. The van der Waals surface area contributed by atoms with Crippen LogP contribution in [0, 0.1) is 0 Å². The van der Waals surface area contributed by atoms with Crippen LogP contribution in [0.4, 0.5) is 4.79 Å². The second-order valence-electron chi connectivity index (χ2n) is 7.73. The van der Waals surface area contributed by atoms with Crippen molar-refractivity contribution in [2.45, 2.75) is 25.3 Å². The van der Waals surface area contributed by atoms with Gasteiger partial charge in [0.2, 0.25) is 5.91 Å². The number of hydrogen-bond donors (Lipinski definition) is 2. The van der Waals surface area contributed by atoms with E-state index >= 15 is 0 Å². The second-order valence-corrected chi connectivity index (χ2v) is 7.73. The fourth-order valence-corrected chi connectivity index (χ4v) is 4.14. The van der Waals surface area contributed by atoms with Gasteiger partial charge in [0.05, 0.1) is 0 Å². The lowest BCUT2D eigenvalue weighted by atomic mass is 9.98. The highest BCUT2D eigenvalue weighted by Gasteiger charge is 2.37. The number of amides is 2. The van der Waals surface area contributed by atoms with Gasteiger partial charge in [0, 0.05) is 24.6 Å². The zero-order chi connectivity index (χ0) is 22.0. The van der Waals surface area contributed by atoms with Crippen LogP contribution in [0.3, 0.4) is 0 Å². The Morgan fingerprint density at radius 2 is 1.71 bits per heavy atom. The fraction of sp³-hybridized carbons (Fsp3) is 0.292. The van der Waals surface area contributed by atoms with Gasteiger partial charge in [-0.25, -0.2) is 9.59 Å². The van der Waals surface area contributed by atoms with Gasteiger partial charge in [-0.05, 0) is 35.6 Å². The normalized spacial score (nSPS) is 17.4. The molecule has 1 saturated heterocycles. The van der Waals surface area contributed by atoms with Crippen LogP contribution in [0.25, 0.3) is 11.1 Å². The quantitative estimate of drug-likeness (QED) is 0.700. The molecule has 0 radical (unpaired) electrons. The van der Waals surface area contributed by atoms with Crippen molar-refractivity contribution in [1.82, 2.24) is 10.2 Å². The molecule has 0 spiro atoms. The van der Waals surface area contributed by atoms with E-state index in [1.165, 1.54) is 4.90 Å². The van der Waals surface area contributed by atoms with Gasteiger partial charge in [0.25, 0.3) is 0 Å². The molecular formula is C24H24N2O5. The first kappa shape index (κ1) is 20.7. The van der Waals surface area contributed by atoms with Crippen molar-refractivity contribution in [2.24, 2.45) is 0 Å². The molecule has 2 amide bonds. The molecule has 1 atom stereocenters. The smallest absolute Gasteiger partial charge is 0.407 e. The molecular weight excluding hydrogens is 396 g/mol. The highest BCUT2D eigenvalue weighted by molar-refractivity contribution is 5.96. The summed E-state index contributed by atoms with van der Waals surface area (Å²) < 4.78 is 5.46. The van der Waals surface area contributed by atoms with Crippen molar-refractivity contribution in [2.75, 3.05) is 19.7 Å². The number of nitrogens with zero attached hydrogens (tertiary/aromatic N) is 1. The first-order valence-electron chi connectivity index (χ1n) is 10.3. The summed E-state index contributed by atoms with van der Waals surface area (Å²) in [4.78, 5) is 36.9. The molecule has 2 aromatic carbocycles. The summed E-state index contributed by atoms with van der Waals surface area (Å²) in [5.74, 6) is -1.34. The topological polar surface area (TPSA) is 95.9 Å². The van der Waals surface area contributed by atoms with Gasteiger partial charge in [-0.1, -0.05) is 54.6 Å². The van der Waals surface area contributed by atoms with Crippen molar-refractivity contribution in [3.8, 4) is 11.1 Å². The highest BCUT2D eigenvalue weighted by Crippen LogP contribution is 2.44. The van der Waals surface area contributed by atoms with E-state index in [1.54, 1.807) is 13.0 Å². The van der Waals surface area contributed by atoms with Gasteiger partial charge in [-0.15, -0.1) is 0 Å². The molecule has 2 aliphatic rings. The average Bonchev–Trinajstić information content (AvgIpc) is 3.04. The molecule has 1 heterocycles. The largest absolute Gasteiger partial charge is 0.480 e. The van der Waals surface area contributed by atoms with Crippen LogP contribution < -0.4 is 5.32 Å². The summed E-state index contributed by atoms with van der Waals surface area (Å²) in [6, 6.07) is 15.5.